The molecule has 2 heteroatoms. The van der Waals surface area contributed by atoms with Gasteiger partial charge in [0.1, 0.15) is 0 Å². The van der Waals surface area contributed by atoms with Crippen molar-refractivity contribution in [1.82, 2.24) is 9.88 Å². The minimum atomic E-state index is 1.01. The Balaban J connectivity index is 2.52. The highest BCUT2D eigenvalue weighted by atomic mass is 15.0. The Hall–Kier alpha value is -1.28. The highest BCUT2D eigenvalue weighted by molar-refractivity contribution is 5.89. The van der Waals surface area contributed by atoms with E-state index in [0.717, 1.165) is 13.1 Å². The fourth-order valence-corrected chi connectivity index (χ4v) is 2.54. The number of aryl methyl sites for hydroxylation is 2. The van der Waals surface area contributed by atoms with Gasteiger partial charge in [-0.3, -0.25) is 0 Å². The zero-order chi connectivity index (χ0) is 9.71. The zero-order valence-electron chi connectivity index (χ0n) is 8.59. The van der Waals surface area contributed by atoms with Crippen LogP contribution in [-0.4, -0.2) is 4.57 Å². The summed E-state index contributed by atoms with van der Waals surface area (Å²) in [4.78, 5) is 0. The van der Waals surface area contributed by atoms with Crippen molar-refractivity contribution in [1.29, 1.82) is 0 Å². The monoisotopic (exact) mass is 186 g/mol. The van der Waals surface area contributed by atoms with E-state index in [1.54, 1.807) is 0 Å². The minimum Gasteiger partial charge on any atom is -0.346 e. The molecule has 0 saturated heterocycles. The smallest absolute Gasteiger partial charge is 0.0486 e. The topological polar surface area (TPSA) is 17.0 Å². The number of nitrogens with zero attached hydrogens (tertiary/aromatic N) is 1. The summed E-state index contributed by atoms with van der Waals surface area (Å²) in [5.41, 5.74) is 5.72. The molecule has 1 aliphatic heterocycles. The standard InChI is InChI=1S/C12H14N2/c1-8-4-3-5-10-12(8)9-6-13-7-11(9)14(10)2/h3-5,13H,6-7H2,1-2H3. The van der Waals surface area contributed by atoms with Gasteiger partial charge in [0, 0.05) is 36.7 Å². The Bertz CT molecular complexity index is 509. The van der Waals surface area contributed by atoms with Crippen molar-refractivity contribution >= 4 is 10.9 Å². The first-order chi connectivity index (χ1) is 6.79. The van der Waals surface area contributed by atoms with Crippen molar-refractivity contribution in [2.75, 3.05) is 0 Å². The van der Waals surface area contributed by atoms with Crippen molar-refractivity contribution in [2.45, 2.75) is 20.0 Å². The van der Waals surface area contributed by atoms with Gasteiger partial charge >= 0.3 is 0 Å². The highest BCUT2D eigenvalue weighted by Crippen LogP contribution is 2.30. The van der Waals surface area contributed by atoms with Crippen LogP contribution in [0.1, 0.15) is 16.8 Å². The third-order valence-electron chi connectivity index (χ3n) is 3.26. The fourth-order valence-electron chi connectivity index (χ4n) is 2.54. The highest BCUT2D eigenvalue weighted by Gasteiger charge is 2.19. The van der Waals surface area contributed by atoms with Gasteiger partial charge in [-0.15, -0.1) is 0 Å². The molecule has 0 aliphatic carbocycles. The van der Waals surface area contributed by atoms with Crippen molar-refractivity contribution in [2.24, 2.45) is 7.05 Å². The van der Waals surface area contributed by atoms with Gasteiger partial charge < -0.3 is 9.88 Å². The molecule has 2 aromatic rings. The van der Waals surface area contributed by atoms with E-state index < -0.39 is 0 Å². The quantitative estimate of drug-likeness (QED) is 0.666. The summed E-state index contributed by atoms with van der Waals surface area (Å²) in [5.74, 6) is 0. The molecule has 14 heavy (non-hydrogen) atoms. The molecular weight excluding hydrogens is 172 g/mol. The van der Waals surface area contributed by atoms with Crippen LogP contribution >= 0.6 is 0 Å². The molecule has 0 atom stereocenters. The van der Waals surface area contributed by atoms with E-state index in [1.165, 1.54) is 27.7 Å². The van der Waals surface area contributed by atoms with Crippen LogP contribution in [0.2, 0.25) is 0 Å². The maximum absolute atomic E-state index is 3.41. The lowest BCUT2D eigenvalue weighted by atomic mass is 10.1. The molecule has 1 aromatic heterocycles. The van der Waals surface area contributed by atoms with Crippen LogP contribution in [0, 0.1) is 6.92 Å². The molecular formula is C12H14N2. The van der Waals surface area contributed by atoms with Crippen molar-refractivity contribution in [3.05, 3.63) is 35.0 Å². The van der Waals surface area contributed by atoms with E-state index in [2.05, 4.69) is 42.1 Å². The van der Waals surface area contributed by atoms with Gasteiger partial charge in [-0.05, 0) is 24.1 Å². The molecule has 0 spiro atoms. The first-order valence-corrected chi connectivity index (χ1v) is 5.05. The van der Waals surface area contributed by atoms with E-state index in [-0.39, 0.29) is 0 Å². The largest absolute Gasteiger partial charge is 0.346 e. The number of rotatable bonds is 0. The van der Waals surface area contributed by atoms with Crippen LogP contribution in [-0.2, 0) is 20.1 Å². The summed E-state index contributed by atoms with van der Waals surface area (Å²) >= 11 is 0. The summed E-state index contributed by atoms with van der Waals surface area (Å²) in [7, 11) is 2.16. The molecule has 0 radical (unpaired) electrons. The molecule has 0 unspecified atom stereocenters. The molecule has 0 fully saturated rings. The lowest BCUT2D eigenvalue weighted by Crippen LogP contribution is -2.04. The second-order valence-corrected chi connectivity index (χ2v) is 4.06. The number of hydrogen-bond donors (Lipinski definition) is 1. The summed E-state index contributed by atoms with van der Waals surface area (Å²) in [6.45, 7) is 4.23. The fraction of sp³-hybridized carbons (Fsp3) is 0.333. The molecule has 0 saturated carbocycles. The van der Waals surface area contributed by atoms with E-state index >= 15 is 0 Å². The van der Waals surface area contributed by atoms with Crippen LogP contribution in [0.5, 0.6) is 0 Å². The van der Waals surface area contributed by atoms with Crippen LogP contribution in [0.4, 0.5) is 0 Å². The second kappa shape index (κ2) is 2.61. The average Bonchev–Trinajstić information content (AvgIpc) is 2.72. The molecule has 1 aliphatic rings. The maximum Gasteiger partial charge on any atom is 0.0486 e. The van der Waals surface area contributed by atoms with E-state index in [4.69, 9.17) is 0 Å². The predicted molar refractivity (Wildman–Crippen MR) is 58.2 cm³/mol. The van der Waals surface area contributed by atoms with Crippen molar-refractivity contribution in [3.8, 4) is 0 Å². The Labute approximate surface area is 83.5 Å². The number of hydrogen-bond acceptors (Lipinski definition) is 1. The van der Waals surface area contributed by atoms with Crippen LogP contribution in [0.15, 0.2) is 18.2 Å². The van der Waals surface area contributed by atoms with E-state index in [1.807, 2.05) is 0 Å². The molecule has 0 bridgehead atoms. The molecule has 0 amide bonds. The minimum absolute atomic E-state index is 1.01. The van der Waals surface area contributed by atoms with Gasteiger partial charge in [-0.1, -0.05) is 12.1 Å². The maximum atomic E-state index is 3.41. The first-order valence-electron chi connectivity index (χ1n) is 5.05. The molecule has 2 heterocycles. The molecule has 2 nitrogen and oxygen atoms in total. The lowest BCUT2D eigenvalue weighted by molar-refractivity contribution is 0.733. The summed E-state index contributed by atoms with van der Waals surface area (Å²) in [6, 6.07) is 6.54. The molecule has 72 valence electrons. The predicted octanol–water partition coefficient (Wildman–Crippen LogP) is 2.09. The molecule has 3 rings (SSSR count). The molecule has 1 aromatic carbocycles. The average molecular weight is 186 g/mol. The van der Waals surface area contributed by atoms with Crippen molar-refractivity contribution in [3.63, 3.8) is 0 Å². The summed E-state index contributed by atoms with van der Waals surface area (Å²) in [6.07, 6.45) is 0. The zero-order valence-corrected chi connectivity index (χ0v) is 8.59. The molecule has 1 N–H and O–H groups in total. The lowest BCUT2D eigenvalue weighted by Gasteiger charge is -2.02. The van der Waals surface area contributed by atoms with Gasteiger partial charge in [-0.2, -0.15) is 0 Å². The third-order valence-corrected chi connectivity index (χ3v) is 3.26. The van der Waals surface area contributed by atoms with Gasteiger partial charge in [-0.25, -0.2) is 0 Å². The van der Waals surface area contributed by atoms with Crippen LogP contribution in [0.3, 0.4) is 0 Å². The van der Waals surface area contributed by atoms with Gasteiger partial charge in [0.05, 0.1) is 0 Å². The number of nitrogens with one attached hydrogen (secondary N) is 1. The Morgan fingerprint density at radius 3 is 3.00 bits per heavy atom. The number of benzene rings is 1. The van der Waals surface area contributed by atoms with Crippen molar-refractivity contribution < 1.29 is 0 Å². The Morgan fingerprint density at radius 1 is 1.29 bits per heavy atom. The third kappa shape index (κ3) is 0.840. The Morgan fingerprint density at radius 2 is 2.14 bits per heavy atom. The van der Waals surface area contributed by atoms with Gasteiger partial charge in [0.25, 0.3) is 0 Å². The Kier molecular flexibility index (Phi) is 1.50. The van der Waals surface area contributed by atoms with E-state index in [0.29, 0.717) is 0 Å². The SMILES string of the molecule is Cc1cccc2c1c1c(n2C)CNC1. The van der Waals surface area contributed by atoms with Gasteiger partial charge in [0.15, 0.2) is 0 Å². The van der Waals surface area contributed by atoms with Crippen LogP contribution < -0.4 is 5.32 Å². The normalized spacial score (nSPS) is 15.0. The summed E-state index contributed by atoms with van der Waals surface area (Å²) < 4.78 is 2.32. The van der Waals surface area contributed by atoms with E-state index in [9.17, 15) is 0 Å². The summed E-state index contributed by atoms with van der Waals surface area (Å²) in [5, 5.41) is 4.86. The first kappa shape index (κ1) is 8.06. The van der Waals surface area contributed by atoms with Crippen LogP contribution in [0.25, 0.3) is 10.9 Å². The number of aromatic nitrogens is 1. The number of fused-ring (bicyclic) bond motifs is 3. The second-order valence-electron chi connectivity index (χ2n) is 4.06. The van der Waals surface area contributed by atoms with Gasteiger partial charge in [0.2, 0.25) is 0 Å².